The molecule has 22 heavy (non-hydrogen) atoms. The minimum atomic E-state index is 1.37. The molecule has 0 atom stereocenters. The van der Waals surface area contributed by atoms with Crippen LogP contribution >= 0.6 is 0 Å². The van der Waals surface area contributed by atoms with E-state index in [2.05, 4.69) is 62.4 Å². The summed E-state index contributed by atoms with van der Waals surface area (Å²) in [6.07, 6.45) is 0. The van der Waals surface area contributed by atoms with E-state index in [1.165, 1.54) is 65.0 Å². The zero-order valence-corrected chi connectivity index (χ0v) is 12.6. The van der Waals surface area contributed by atoms with E-state index in [-0.39, 0.29) is 0 Å². The molecule has 0 fully saturated rings. The van der Waals surface area contributed by atoms with Crippen LogP contribution in [0.3, 0.4) is 0 Å². The van der Waals surface area contributed by atoms with Crippen LogP contribution in [0.25, 0.3) is 53.9 Å². The molecule has 0 radical (unpaired) electrons. The van der Waals surface area contributed by atoms with Crippen molar-refractivity contribution in [1.29, 1.82) is 0 Å². The van der Waals surface area contributed by atoms with Crippen molar-refractivity contribution in [3.8, 4) is 0 Å². The van der Waals surface area contributed by atoms with Crippen molar-refractivity contribution in [2.75, 3.05) is 0 Å². The highest BCUT2D eigenvalue weighted by Gasteiger charge is 2.21. The Hall–Kier alpha value is -2.60. The largest absolute Gasteiger partial charge is 0.0537 e. The molecular formula is C22H14. The molecule has 102 valence electrons. The van der Waals surface area contributed by atoms with E-state index in [1.807, 2.05) is 0 Å². The first-order valence-corrected chi connectivity index (χ1v) is 7.89. The second-order valence-corrected chi connectivity index (χ2v) is 6.72. The van der Waals surface area contributed by atoms with E-state index < -0.39 is 0 Å². The number of hydrogen-bond acceptors (Lipinski definition) is 0. The molecule has 0 saturated heterocycles. The number of benzene rings is 5. The van der Waals surface area contributed by atoms with Gasteiger partial charge >= 0.3 is 0 Å². The fourth-order valence-electron chi connectivity index (χ4n) is 4.63. The van der Waals surface area contributed by atoms with Crippen molar-refractivity contribution in [2.24, 2.45) is 0 Å². The van der Waals surface area contributed by atoms with Gasteiger partial charge in [0.05, 0.1) is 0 Å². The van der Waals surface area contributed by atoms with Gasteiger partial charge in [0, 0.05) is 0 Å². The van der Waals surface area contributed by atoms with Gasteiger partial charge in [-0.15, -0.1) is 0 Å². The highest BCUT2D eigenvalue weighted by atomic mass is 14.2. The molecule has 0 bridgehead atoms. The Labute approximate surface area is 128 Å². The molecule has 0 heterocycles. The van der Waals surface area contributed by atoms with Gasteiger partial charge in [-0.3, -0.25) is 0 Å². The van der Waals surface area contributed by atoms with Crippen molar-refractivity contribution in [2.45, 2.75) is 13.8 Å². The van der Waals surface area contributed by atoms with Crippen LogP contribution in [0.5, 0.6) is 0 Å². The maximum absolute atomic E-state index is 2.35. The van der Waals surface area contributed by atoms with Gasteiger partial charge in [-0.25, -0.2) is 0 Å². The molecule has 0 aliphatic carbocycles. The van der Waals surface area contributed by atoms with E-state index in [9.17, 15) is 0 Å². The molecule has 6 rings (SSSR count). The summed E-state index contributed by atoms with van der Waals surface area (Å²) in [6.45, 7) is 4.47. The Kier molecular flexibility index (Phi) is 1.63. The lowest BCUT2D eigenvalue weighted by Gasteiger charge is -2.07. The second-order valence-electron chi connectivity index (χ2n) is 6.72. The van der Waals surface area contributed by atoms with Gasteiger partial charge < -0.3 is 0 Å². The molecular weight excluding hydrogens is 264 g/mol. The SMILES string of the molecule is Cc1cc2ccc3cc(C)c4ccc5ccc1c1c2c3c4c51. The molecule has 0 amide bonds. The zero-order chi connectivity index (χ0) is 14.6. The molecule has 0 spiro atoms. The van der Waals surface area contributed by atoms with Crippen LogP contribution in [-0.4, -0.2) is 0 Å². The molecule has 6 aromatic carbocycles. The lowest BCUT2D eigenvalue weighted by Crippen LogP contribution is -1.81. The second kappa shape index (κ2) is 3.25. The third-order valence-corrected chi connectivity index (χ3v) is 5.55. The van der Waals surface area contributed by atoms with Crippen LogP contribution in [0.1, 0.15) is 11.1 Å². The van der Waals surface area contributed by atoms with E-state index in [0.29, 0.717) is 0 Å². The predicted molar refractivity (Wildman–Crippen MR) is 97.0 cm³/mol. The Morgan fingerprint density at radius 3 is 1.36 bits per heavy atom. The molecule has 0 aliphatic heterocycles. The minimum absolute atomic E-state index is 1.37. The Balaban J connectivity index is 2.23. The first-order chi connectivity index (χ1) is 10.7. The standard InChI is InChI=1S/C22H14/c1-11-9-14-3-4-15-10-12(2)17-8-6-13-5-7-16(11)21-18(13)22(17)20(15)19(14)21/h3-10H,1-2H3. The molecule has 0 unspecified atom stereocenters. The van der Waals surface area contributed by atoms with Crippen molar-refractivity contribution in [3.05, 3.63) is 59.7 Å². The summed E-state index contributed by atoms with van der Waals surface area (Å²) in [7, 11) is 0. The average Bonchev–Trinajstić information content (AvgIpc) is 2.88. The Bertz CT molecular complexity index is 1220. The molecule has 0 heteroatoms. The van der Waals surface area contributed by atoms with Crippen LogP contribution in [0.2, 0.25) is 0 Å². The zero-order valence-electron chi connectivity index (χ0n) is 12.6. The van der Waals surface area contributed by atoms with Crippen LogP contribution in [-0.2, 0) is 0 Å². The van der Waals surface area contributed by atoms with E-state index in [1.54, 1.807) is 0 Å². The summed E-state index contributed by atoms with van der Waals surface area (Å²) in [5, 5.41) is 14.3. The number of hydrogen-bond donors (Lipinski definition) is 0. The molecule has 0 aromatic heterocycles. The Morgan fingerprint density at radius 2 is 0.864 bits per heavy atom. The summed E-state index contributed by atoms with van der Waals surface area (Å²) in [5.74, 6) is 0. The Morgan fingerprint density at radius 1 is 0.455 bits per heavy atom. The first-order valence-electron chi connectivity index (χ1n) is 7.89. The molecule has 0 aliphatic rings. The normalized spacial score (nSPS) is 13.0. The minimum Gasteiger partial charge on any atom is -0.0537 e. The summed E-state index contributed by atoms with van der Waals surface area (Å²) < 4.78 is 0. The van der Waals surface area contributed by atoms with Gasteiger partial charge in [0.15, 0.2) is 0 Å². The smallest absolute Gasteiger partial charge is 0.00112 e. The average molecular weight is 278 g/mol. The van der Waals surface area contributed by atoms with E-state index in [0.717, 1.165) is 0 Å². The summed E-state index contributed by atoms with van der Waals surface area (Å²) in [6, 6.07) is 18.5. The molecule has 0 N–H and O–H groups in total. The molecule has 0 saturated carbocycles. The van der Waals surface area contributed by atoms with Gasteiger partial charge in [-0.05, 0) is 78.8 Å². The lowest BCUT2D eigenvalue weighted by atomic mass is 9.96. The van der Waals surface area contributed by atoms with E-state index in [4.69, 9.17) is 0 Å². The van der Waals surface area contributed by atoms with Gasteiger partial charge in [0.2, 0.25) is 0 Å². The number of rotatable bonds is 0. The third kappa shape index (κ3) is 1.00. The maximum Gasteiger partial charge on any atom is -0.00112 e. The summed E-state index contributed by atoms with van der Waals surface area (Å²) in [4.78, 5) is 0. The highest BCUT2D eigenvalue weighted by molar-refractivity contribution is 6.44. The van der Waals surface area contributed by atoms with E-state index >= 15 is 0 Å². The van der Waals surface area contributed by atoms with Crippen molar-refractivity contribution >= 4 is 53.9 Å². The fourth-order valence-corrected chi connectivity index (χ4v) is 4.63. The summed E-state index contributed by atoms with van der Waals surface area (Å²) in [5.41, 5.74) is 2.76. The van der Waals surface area contributed by atoms with Gasteiger partial charge in [0.1, 0.15) is 0 Å². The van der Waals surface area contributed by atoms with Crippen molar-refractivity contribution in [3.63, 3.8) is 0 Å². The number of aryl methyl sites for hydroxylation is 2. The van der Waals surface area contributed by atoms with Crippen LogP contribution < -0.4 is 0 Å². The van der Waals surface area contributed by atoms with Crippen LogP contribution in [0.4, 0.5) is 0 Å². The topological polar surface area (TPSA) is 0 Å². The lowest BCUT2D eigenvalue weighted by molar-refractivity contribution is 1.57. The molecule has 6 aromatic rings. The first kappa shape index (κ1) is 11.0. The van der Waals surface area contributed by atoms with Gasteiger partial charge in [-0.2, -0.15) is 0 Å². The molecule has 0 nitrogen and oxygen atoms in total. The predicted octanol–water partition coefficient (Wildman–Crippen LogP) is 6.38. The van der Waals surface area contributed by atoms with Crippen LogP contribution in [0.15, 0.2) is 48.5 Å². The quantitative estimate of drug-likeness (QED) is 0.283. The van der Waals surface area contributed by atoms with Crippen molar-refractivity contribution < 1.29 is 0 Å². The third-order valence-electron chi connectivity index (χ3n) is 5.55. The maximum atomic E-state index is 2.35. The van der Waals surface area contributed by atoms with Gasteiger partial charge in [-0.1, -0.05) is 48.5 Å². The van der Waals surface area contributed by atoms with Gasteiger partial charge in [0.25, 0.3) is 0 Å². The van der Waals surface area contributed by atoms with Crippen molar-refractivity contribution in [1.82, 2.24) is 0 Å². The fraction of sp³-hybridized carbons (Fsp3) is 0.0909. The monoisotopic (exact) mass is 278 g/mol. The summed E-state index contributed by atoms with van der Waals surface area (Å²) >= 11 is 0. The highest BCUT2D eigenvalue weighted by Crippen LogP contribution is 2.49. The van der Waals surface area contributed by atoms with Crippen LogP contribution in [0, 0.1) is 13.8 Å².